The van der Waals surface area contributed by atoms with E-state index in [4.69, 9.17) is 4.74 Å². The molecule has 0 aliphatic carbocycles. The number of benzene rings is 1. The monoisotopic (exact) mass is 302 g/mol. The van der Waals surface area contributed by atoms with Crippen molar-refractivity contribution in [3.05, 3.63) is 34.9 Å². The lowest BCUT2D eigenvalue weighted by Crippen LogP contribution is -2.54. The molecular weight excluding hydrogens is 288 g/mol. The molecule has 3 rings (SSSR count). The fourth-order valence-electron chi connectivity index (χ4n) is 2.86. The summed E-state index contributed by atoms with van der Waals surface area (Å²) in [6.07, 6.45) is 0.254. The molecule has 1 saturated heterocycles. The molecule has 114 valence electrons. The van der Waals surface area contributed by atoms with Crippen LogP contribution in [0.4, 0.5) is 0 Å². The molecule has 0 spiro atoms. The first-order valence-corrected chi connectivity index (χ1v) is 6.87. The van der Waals surface area contributed by atoms with E-state index in [1.54, 1.807) is 18.2 Å². The van der Waals surface area contributed by atoms with Crippen molar-refractivity contribution in [3.8, 4) is 0 Å². The van der Waals surface area contributed by atoms with Gasteiger partial charge in [0.25, 0.3) is 11.8 Å². The number of hydrogen-bond donors (Lipinski definition) is 1. The van der Waals surface area contributed by atoms with Gasteiger partial charge in [0.1, 0.15) is 6.04 Å². The molecule has 1 aromatic rings. The minimum Gasteiger partial charge on any atom is -0.380 e. The van der Waals surface area contributed by atoms with Crippen LogP contribution in [0.3, 0.4) is 0 Å². The lowest BCUT2D eigenvalue weighted by atomic mass is 10.0. The Labute approximate surface area is 126 Å². The molecule has 0 saturated carbocycles. The van der Waals surface area contributed by atoms with Gasteiger partial charge in [-0.3, -0.25) is 29.4 Å². The van der Waals surface area contributed by atoms with Gasteiger partial charge >= 0.3 is 0 Å². The Morgan fingerprint density at radius 3 is 2.68 bits per heavy atom. The zero-order chi connectivity index (χ0) is 15.9. The second-order valence-corrected chi connectivity index (χ2v) is 5.22. The first-order chi connectivity index (χ1) is 10.5. The Hall–Kier alpha value is -2.54. The average Bonchev–Trinajstić information content (AvgIpc) is 2.73. The van der Waals surface area contributed by atoms with Crippen LogP contribution in [0, 0.1) is 0 Å². The highest BCUT2D eigenvalue weighted by Gasteiger charge is 2.45. The SMILES string of the molecule is COCc1cccc2c1C(=O)N(C1CCC(=O)NC1=O)C2=O. The maximum atomic E-state index is 12.6. The van der Waals surface area contributed by atoms with Crippen molar-refractivity contribution < 1.29 is 23.9 Å². The normalized spacial score (nSPS) is 21.1. The Bertz CT molecular complexity index is 697. The van der Waals surface area contributed by atoms with Crippen LogP contribution in [0.2, 0.25) is 0 Å². The van der Waals surface area contributed by atoms with Gasteiger partial charge < -0.3 is 4.74 Å². The molecule has 0 bridgehead atoms. The van der Waals surface area contributed by atoms with Crippen molar-refractivity contribution in [1.29, 1.82) is 0 Å². The lowest BCUT2D eigenvalue weighted by Gasteiger charge is -2.27. The summed E-state index contributed by atoms with van der Waals surface area (Å²) in [5.41, 5.74) is 1.15. The zero-order valence-corrected chi connectivity index (χ0v) is 11.9. The van der Waals surface area contributed by atoms with Crippen molar-refractivity contribution in [2.45, 2.75) is 25.5 Å². The fraction of sp³-hybridized carbons (Fsp3) is 0.333. The topological polar surface area (TPSA) is 92.8 Å². The largest absolute Gasteiger partial charge is 0.380 e. The number of carbonyl (C=O) groups excluding carboxylic acids is 4. The van der Waals surface area contributed by atoms with Gasteiger partial charge in [0, 0.05) is 13.5 Å². The number of nitrogens with one attached hydrogen (secondary N) is 1. The Morgan fingerprint density at radius 2 is 2.00 bits per heavy atom. The highest BCUT2D eigenvalue weighted by molar-refractivity contribution is 6.24. The van der Waals surface area contributed by atoms with E-state index in [2.05, 4.69) is 5.32 Å². The van der Waals surface area contributed by atoms with Crippen LogP contribution >= 0.6 is 0 Å². The summed E-state index contributed by atoms with van der Waals surface area (Å²) in [7, 11) is 1.50. The van der Waals surface area contributed by atoms with Gasteiger partial charge in [-0.2, -0.15) is 0 Å². The van der Waals surface area contributed by atoms with Gasteiger partial charge in [-0.15, -0.1) is 0 Å². The maximum absolute atomic E-state index is 12.6. The summed E-state index contributed by atoms with van der Waals surface area (Å²) < 4.78 is 5.05. The van der Waals surface area contributed by atoms with Crippen molar-refractivity contribution in [3.63, 3.8) is 0 Å². The number of carbonyl (C=O) groups is 4. The van der Waals surface area contributed by atoms with Crippen LogP contribution in [0.5, 0.6) is 0 Å². The van der Waals surface area contributed by atoms with E-state index in [9.17, 15) is 19.2 Å². The first-order valence-electron chi connectivity index (χ1n) is 6.87. The number of imide groups is 2. The summed E-state index contributed by atoms with van der Waals surface area (Å²) >= 11 is 0. The highest BCUT2D eigenvalue weighted by Crippen LogP contribution is 2.30. The molecule has 1 atom stereocenters. The molecule has 1 unspecified atom stereocenters. The standard InChI is InChI=1S/C15H14N2O5/c1-22-7-8-3-2-4-9-12(8)15(21)17(14(9)20)10-5-6-11(18)16-13(10)19/h2-4,10H,5-7H2,1H3,(H,16,18,19). The molecule has 4 amide bonds. The quantitative estimate of drug-likeness (QED) is 0.807. The minimum atomic E-state index is -0.944. The summed E-state index contributed by atoms with van der Waals surface area (Å²) in [6, 6.07) is 3.99. The molecule has 1 N–H and O–H groups in total. The summed E-state index contributed by atoms with van der Waals surface area (Å²) in [5.74, 6) is -2.02. The van der Waals surface area contributed by atoms with E-state index in [0.717, 1.165) is 4.90 Å². The van der Waals surface area contributed by atoms with Crippen LogP contribution in [0.25, 0.3) is 0 Å². The van der Waals surface area contributed by atoms with E-state index < -0.39 is 29.7 Å². The third-order valence-corrected chi connectivity index (χ3v) is 3.85. The van der Waals surface area contributed by atoms with E-state index >= 15 is 0 Å². The van der Waals surface area contributed by atoms with E-state index in [1.165, 1.54) is 7.11 Å². The second kappa shape index (κ2) is 5.34. The van der Waals surface area contributed by atoms with Crippen molar-refractivity contribution in [2.24, 2.45) is 0 Å². The molecule has 2 aliphatic rings. The van der Waals surface area contributed by atoms with Gasteiger partial charge in [-0.25, -0.2) is 0 Å². The molecule has 2 aliphatic heterocycles. The maximum Gasteiger partial charge on any atom is 0.262 e. The van der Waals surface area contributed by atoms with E-state index in [1.807, 2.05) is 0 Å². The molecule has 1 aromatic carbocycles. The third kappa shape index (κ3) is 2.10. The summed E-state index contributed by atoms with van der Waals surface area (Å²) in [5, 5.41) is 2.17. The Morgan fingerprint density at radius 1 is 1.23 bits per heavy atom. The number of piperidine rings is 1. The first kappa shape index (κ1) is 14.4. The highest BCUT2D eigenvalue weighted by atomic mass is 16.5. The van der Waals surface area contributed by atoms with Crippen molar-refractivity contribution in [1.82, 2.24) is 10.2 Å². The number of rotatable bonds is 3. The molecule has 22 heavy (non-hydrogen) atoms. The molecule has 7 heteroatoms. The Kier molecular flexibility index (Phi) is 3.50. The van der Waals surface area contributed by atoms with Gasteiger partial charge in [0.15, 0.2) is 0 Å². The lowest BCUT2D eigenvalue weighted by molar-refractivity contribution is -0.136. The predicted molar refractivity (Wildman–Crippen MR) is 73.8 cm³/mol. The third-order valence-electron chi connectivity index (χ3n) is 3.85. The predicted octanol–water partition coefficient (Wildman–Crippen LogP) is 0.234. The van der Waals surface area contributed by atoms with Crippen LogP contribution in [0.1, 0.15) is 39.1 Å². The number of methoxy groups -OCH3 is 1. The van der Waals surface area contributed by atoms with E-state index in [0.29, 0.717) is 5.56 Å². The fourth-order valence-corrected chi connectivity index (χ4v) is 2.86. The van der Waals surface area contributed by atoms with E-state index in [-0.39, 0.29) is 30.6 Å². The number of nitrogens with zero attached hydrogens (tertiary/aromatic N) is 1. The van der Waals surface area contributed by atoms with Crippen molar-refractivity contribution >= 4 is 23.6 Å². The van der Waals surface area contributed by atoms with Crippen molar-refractivity contribution in [2.75, 3.05) is 7.11 Å². The van der Waals surface area contributed by atoms with Gasteiger partial charge in [0.2, 0.25) is 11.8 Å². The van der Waals surface area contributed by atoms with Crippen LogP contribution in [0.15, 0.2) is 18.2 Å². The second-order valence-electron chi connectivity index (χ2n) is 5.22. The van der Waals surface area contributed by atoms with Crippen LogP contribution in [-0.2, 0) is 20.9 Å². The number of hydrogen-bond acceptors (Lipinski definition) is 5. The number of amides is 4. The number of fused-ring (bicyclic) bond motifs is 1. The van der Waals surface area contributed by atoms with Gasteiger partial charge in [0.05, 0.1) is 17.7 Å². The smallest absolute Gasteiger partial charge is 0.262 e. The number of ether oxygens (including phenoxy) is 1. The minimum absolute atomic E-state index is 0.106. The summed E-state index contributed by atoms with van der Waals surface area (Å²) in [4.78, 5) is 49.2. The molecule has 2 heterocycles. The molecule has 0 radical (unpaired) electrons. The van der Waals surface area contributed by atoms with Gasteiger partial charge in [-0.05, 0) is 18.1 Å². The molecular formula is C15H14N2O5. The molecule has 1 fully saturated rings. The van der Waals surface area contributed by atoms with Crippen LogP contribution < -0.4 is 5.32 Å². The molecule has 0 aromatic heterocycles. The van der Waals surface area contributed by atoms with Crippen LogP contribution in [-0.4, -0.2) is 41.7 Å². The average molecular weight is 302 g/mol. The Balaban J connectivity index is 1.98. The van der Waals surface area contributed by atoms with Gasteiger partial charge in [-0.1, -0.05) is 12.1 Å². The zero-order valence-electron chi connectivity index (χ0n) is 11.9. The molecule has 7 nitrogen and oxygen atoms in total. The summed E-state index contributed by atoms with van der Waals surface area (Å²) in [6.45, 7) is 0.200.